The van der Waals surface area contributed by atoms with E-state index in [2.05, 4.69) is 142 Å². The van der Waals surface area contributed by atoms with E-state index in [1.54, 1.807) is 0 Å². The van der Waals surface area contributed by atoms with Gasteiger partial charge < -0.3 is 50.4 Å². The lowest BCUT2D eigenvalue weighted by Gasteiger charge is -2.29. The highest BCUT2D eigenvalue weighted by molar-refractivity contribution is 7.90. The van der Waals surface area contributed by atoms with Crippen LogP contribution < -0.4 is 9.79 Å². The highest BCUT2D eigenvalue weighted by Crippen LogP contribution is 2.31. The van der Waals surface area contributed by atoms with Crippen LogP contribution in [0.4, 0.5) is 0 Å². The number of sulfone groups is 1. The number of hydrogen-bond acceptors (Lipinski definition) is 8. The molecule has 2 unspecified atom stereocenters. The van der Waals surface area contributed by atoms with E-state index in [1.165, 1.54) is 51.6 Å². The molecule has 0 heterocycles. The molecule has 0 aromatic carbocycles. The number of rotatable bonds is 21. The molecular weight excluding hydrogens is 797 g/mol. The van der Waals surface area contributed by atoms with Gasteiger partial charge in [-0.05, 0) is 41.5 Å². The van der Waals surface area contributed by atoms with Gasteiger partial charge in [0, 0.05) is 32.4 Å². The Morgan fingerprint density at radius 1 is 0.448 bits per heavy atom. The number of likely N-dealkylation sites (N-methyl/N-ethyl adjacent to an activating group) is 1. The number of nitrogens with zero attached hydrogens (tertiary/aromatic N) is 5. The van der Waals surface area contributed by atoms with Crippen LogP contribution in [0.5, 0.6) is 0 Å². The second kappa shape index (κ2) is 38.7. The maximum absolute atomic E-state index is 10.8. The highest BCUT2D eigenvalue weighted by Gasteiger charge is 2.14. The predicted octanol–water partition coefficient (Wildman–Crippen LogP) is 6.90. The first-order chi connectivity index (χ1) is 25.8. The third-order valence-electron chi connectivity index (χ3n) is 9.76. The number of quaternary nitrogens is 5. The van der Waals surface area contributed by atoms with Crippen LogP contribution in [0.15, 0.2) is 0 Å². The standard InChI is InChI=1S/C8H20NO3P.C8H20NO2S.C7H18NO3P.C6H16N.C5H14N.2C4H10/c1-5-9(2,3)7-6-8-12-13(4,10)11;1-5-9(2,3)7-6-8-12(4,10)11;1-5-8(2,3)6-7-11-12(4,9)10;1-5-7(3,4)6-2;1-5-6(2,3)4;2*1-3-4-2/h5-8H2,1-4H3;5-8H2,1-4H3;5-7H2,1-4H3;5-6H2,1-4H3;5H2,1-4H3;2*3-4H2,1-2H3/q;+1;;2*+1;;. The second-order valence-corrected chi connectivity index (χ2v) is 24.5. The minimum atomic E-state index is -3.52. The zero-order valence-electron chi connectivity index (χ0n) is 43.5. The van der Waals surface area contributed by atoms with Crippen LogP contribution in [0.2, 0.25) is 0 Å². The summed E-state index contributed by atoms with van der Waals surface area (Å²) in [6.07, 6.45) is 8.11. The van der Waals surface area contributed by atoms with Crippen molar-refractivity contribution >= 4 is 25.0 Å². The summed E-state index contributed by atoms with van der Waals surface area (Å²) in [5, 5.41) is 0. The third kappa shape index (κ3) is 83.7. The zero-order chi connectivity index (χ0) is 48.1. The van der Waals surface area contributed by atoms with E-state index in [1.807, 2.05) is 14.1 Å². The number of hydrogen-bond donors (Lipinski definition) is 0. The molecule has 0 aliphatic carbocycles. The third-order valence-corrected chi connectivity index (χ3v) is 12.1. The largest absolute Gasteiger partial charge is 0.779 e. The molecule has 0 spiro atoms. The SMILES string of the molecule is CCCC.CCCC.CC[N+](C)(C)C.CC[N+](C)(C)CC.CC[N+](C)(C)CCCOP(C)(=O)[O-].CC[N+](C)(C)CCCS(C)(=O)=O.CC[N+](C)(C)CCOP(C)(=O)[O-]. The molecule has 0 bridgehead atoms. The molecule has 0 aliphatic rings. The van der Waals surface area contributed by atoms with Gasteiger partial charge in [0.05, 0.1) is 142 Å². The molecule has 0 aromatic heterocycles. The first kappa shape index (κ1) is 72.5. The Bertz CT molecular complexity index is 1080. The van der Waals surface area contributed by atoms with Crippen LogP contribution in [-0.2, 0) is 28.0 Å². The predicted molar refractivity (Wildman–Crippen MR) is 253 cm³/mol. The number of unbranched alkanes of at least 4 members (excludes halogenated alkanes) is 2. The van der Waals surface area contributed by atoms with E-state index in [-0.39, 0.29) is 6.61 Å². The van der Waals surface area contributed by atoms with Crippen molar-refractivity contribution in [1.29, 1.82) is 0 Å². The van der Waals surface area contributed by atoms with Crippen molar-refractivity contribution in [1.82, 2.24) is 0 Å². The van der Waals surface area contributed by atoms with Crippen LogP contribution in [0, 0.1) is 0 Å². The molecule has 0 saturated carbocycles. The van der Waals surface area contributed by atoms with Crippen molar-refractivity contribution in [2.75, 3.05) is 175 Å². The maximum Gasteiger partial charge on any atom is 0.147 e. The Morgan fingerprint density at radius 2 is 0.707 bits per heavy atom. The van der Waals surface area contributed by atoms with E-state index >= 15 is 0 Å². The first-order valence-corrected chi connectivity index (χ1v) is 28.0. The molecule has 13 nitrogen and oxygen atoms in total. The Balaban J connectivity index is -0.000000109. The molecule has 0 radical (unpaired) electrons. The van der Waals surface area contributed by atoms with Gasteiger partial charge in [0.2, 0.25) is 0 Å². The van der Waals surface area contributed by atoms with E-state index in [4.69, 9.17) is 0 Å². The van der Waals surface area contributed by atoms with Crippen LogP contribution in [-0.4, -0.2) is 206 Å². The second-order valence-electron chi connectivity index (χ2n) is 18.6. The van der Waals surface area contributed by atoms with Gasteiger partial charge in [-0.3, -0.25) is 0 Å². The molecule has 0 saturated heterocycles. The summed E-state index contributed by atoms with van der Waals surface area (Å²) in [6.45, 7) is 33.7. The summed E-state index contributed by atoms with van der Waals surface area (Å²) in [6, 6.07) is 0. The fourth-order valence-electron chi connectivity index (χ4n) is 2.63. The summed E-state index contributed by atoms with van der Waals surface area (Å²) < 4.78 is 56.9. The van der Waals surface area contributed by atoms with E-state index in [0.717, 1.165) is 87.9 Å². The highest BCUT2D eigenvalue weighted by atomic mass is 32.2. The molecule has 0 N–H and O–H groups in total. The molecule has 58 heavy (non-hydrogen) atoms. The summed E-state index contributed by atoms with van der Waals surface area (Å²) >= 11 is 0. The van der Waals surface area contributed by atoms with Gasteiger partial charge in [0.25, 0.3) is 0 Å². The van der Waals surface area contributed by atoms with Gasteiger partial charge in [-0.1, -0.05) is 53.4 Å². The average Bonchev–Trinajstić information content (AvgIpc) is 3.09. The first-order valence-electron chi connectivity index (χ1n) is 21.9. The molecule has 16 heteroatoms. The minimum absolute atomic E-state index is 0.276. The fourth-order valence-corrected chi connectivity index (χ4v) is 4.16. The Hall–Kier alpha value is 0.0500. The lowest BCUT2D eigenvalue weighted by molar-refractivity contribution is -0.888. The van der Waals surface area contributed by atoms with E-state index < -0.39 is 25.0 Å². The summed E-state index contributed by atoms with van der Waals surface area (Å²) in [5.74, 6) is 0.314. The van der Waals surface area contributed by atoms with Crippen molar-refractivity contribution in [2.45, 2.75) is 108 Å². The Morgan fingerprint density at radius 3 is 0.914 bits per heavy atom. The lowest BCUT2D eigenvalue weighted by atomic mass is 10.3. The summed E-state index contributed by atoms with van der Waals surface area (Å²) in [4.78, 5) is 21.2. The molecule has 0 fully saturated rings. The van der Waals surface area contributed by atoms with E-state index in [9.17, 15) is 27.3 Å². The molecule has 362 valence electrons. The van der Waals surface area contributed by atoms with Crippen molar-refractivity contribution in [3.05, 3.63) is 0 Å². The van der Waals surface area contributed by atoms with Crippen molar-refractivity contribution < 1.29 is 58.8 Å². The monoisotopic (exact) mass is 905 g/mol. The Labute approximate surface area is 365 Å². The van der Waals surface area contributed by atoms with Crippen LogP contribution >= 0.6 is 15.2 Å². The van der Waals surface area contributed by atoms with Crippen LogP contribution in [0.3, 0.4) is 0 Å². The molecular formula is C42H108N5O8P2S+3. The Kier molecular flexibility index (Phi) is 48.4. The minimum Gasteiger partial charge on any atom is -0.779 e. The van der Waals surface area contributed by atoms with Crippen molar-refractivity contribution in [3.8, 4) is 0 Å². The molecule has 0 aromatic rings. The van der Waals surface area contributed by atoms with Crippen molar-refractivity contribution in [3.63, 3.8) is 0 Å². The smallest absolute Gasteiger partial charge is 0.147 e. The summed E-state index contributed by atoms with van der Waals surface area (Å²) in [5.41, 5.74) is 0. The van der Waals surface area contributed by atoms with Crippen LogP contribution in [0.25, 0.3) is 0 Å². The zero-order valence-corrected chi connectivity index (χ0v) is 46.1. The van der Waals surface area contributed by atoms with Gasteiger partial charge >= 0.3 is 0 Å². The van der Waals surface area contributed by atoms with Crippen molar-refractivity contribution in [2.24, 2.45) is 0 Å². The quantitative estimate of drug-likeness (QED) is 0.0691. The topological polar surface area (TPSA) is 133 Å². The average molecular weight is 905 g/mol. The van der Waals surface area contributed by atoms with Gasteiger partial charge in [-0.25, -0.2) is 8.42 Å². The molecule has 0 rings (SSSR count). The van der Waals surface area contributed by atoms with Gasteiger partial charge in [0.1, 0.15) is 38.2 Å². The fraction of sp³-hybridized carbons (Fsp3) is 1.00. The van der Waals surface area contributed by atoms with Gasteiger partial charge in [-0.15, -0.1) is 0 Å². The van der Waals surface area contributed by atoms with E-state index in [0.29, 0.717) is 12.4 Å². The molecule has 0 aliphatic heterocycles. The lowest BCUT2D eigenvalue weighted by Crippen LogP contribution is -2.41. The maximum atomic E-state index is 10.8. The summed E-state index contributed by atoms with van der Waals surface area (Å²) in [7, 11) is 13.7. The van der Waals surface area contributed by atoms with Gasteiger partial charge in [0.15, 0.2) is 0 Å². The van der Waals surface area contributed by atoms with Crippen LogP contribution in [0.1, 0.15) is 108 Å². The molecule has 2 atom stereocenters. The van der Waals surface area contributed by atoms with Gasteiger partial charge in [-0.2, -0.15) is 0 Å². The molecule has 0 amide bonds. The normalized spacial score (nSPS) is 13.9.